The SMILES string of the molecule is Cc1nc(S(=O)(=O)NC(CN)C2CC2)cn1C. The van der Waals surface area contributed by atoms with Gasteiger partial charge in [-0.15, -0.1) is 0 Å². The van der Waals surface area contributed by atoms with Gasteiger partial charge in [0.05, 0.1) is 0 Å². The molecule has 0 aliphatic heterocycles. The van der Waals surface area contributed by atoms with Crippen molar-refractivity contribution < 1.29 is 8.42 Å². The number of hydrogen-bond donors (Lipinski definition) is 2. The highest BCUT2D eigenvalue weighted by Crippen LogP contribution is 2.32. The number of aryl methyl sites for hydroxylation is 2. The highest BCUT2D eigenvalue weighted by molar-refractivity contribution is 7.89. The van der Waals surface area contributed by atoms with Crippen LogP contribution in [0.3, 0.4) is 0 Å². The Morgan fingerprint density at radius 3 is 2.71 bits per heavy atom. The molecule has 0 saturated heterocycles. The van der Waals surface area contributed by atoms with Gasteiger partial charge in [0.2, 0.25) is 0 Å². The van der Waals surface area contributed by atoms with Gasteiger partial charge in [0.1, 0.15) is 5.82 Å². The van der Waals surface area contributed by atoms with Gasteiger partial charge in [0, 0.05) is 25.8 Å². The molecule has 3 N–H and O–H groups in total. The van der Waals surface area contributed by atoms with Crippen LogP contribution in [0, 0.1) is 12.8 Å². The summed E-state index contributed by atoms with van der Waals surface area (Å²) in [7, 11) is -1.77. The Bertz CT molecular complexity index is 485. The van der Waals surface area contributed by atoms with E-state index in [-0.39, 0.29) is 11.1 Å². The quantitative estimate of drug-likeness (QED) is 0.761. The molecule has 96 valence electrons. The Labute approximate surface area is 101 Å². The van der Waals surface area contributed by atoms with E-state index >= 15 is 0 Å². The van der Waals surface area contributed by atoms with E-state index in [4.69, 9.17) is 5.73 Å². The van der Waals surface area contributed by atoms with E-state index in [1.165, 1.54) is 6.20 Å². The average Bonchev–Trinajstić information content (AvgIpc) is 3.03. The maximum atomic E-state index is 12.1. The van der Waals surface area contributed by atoms with E-state index in [1.54, 1.807) is 18.5 Å². The normalized spacial score (nSPS) is 18.3. The topological polar surface area (TPSA) is 90.0 Å². The summed E-state index contributed by atoms with van der Waals surface area (Å²) in [5, 5.41) is 0.0663. The van der Waals surface area contributed by atoms with Crippen molar-refractivity contribution in [3.8, 4) is 0 Å². The molecule has 0 radical (unpaired) electrons. The summed E-state index contributed by atoms with van der Waals surface area (Å²) >= 11 is 0. The van der Waals surface area contributed by atoms with E-state index in [2.05, 4.69) is 9.71 Å². The zero-order valence-electron chi connectivity index (χ0n) is 10.0. The van der Waals surface area contributed by atoms with Crippen molar-refractivity contribution in [2.45, 2.75) is 30.8 Å². The minimum atomic E-state index is -3.54. The van der Waals surface area contributed by atoms with Crippen LogP contribution in [0.25, 0.3) is 0 Å². The lowest BCUT2D eigenvalue weighted by atomic mass is 10.2. The molecule has 1 heterocycles. The van der Waals surface area contributed by atoms with Crippen molar-refractivity contribution in [1.29, 1.82) is 0 Å². The summed E-state index contributed by atoms with van der Waals surface area (Å²) in [6, 6.07) is -0.165. The second-order valence-electron chi connectivity index (χ2n) is 4.54. The van der Waals surface area contributed by atoms with Crippen LogP contribution < -0.4 is 10.5 Å². The Morgan fingerprint density at radius 1 is 1.65 bits per heavy atom. The molecule has 1 saturated carbocycles. The fraction of sp³-hybridized carbons (Fsp3) is 0.700. The van der Waals surface area contributed by atoms with Crippen molar-refractivity contribution >= 4 is 10.0 Å². The molecule has 7 heteroatoms. The van der Waals surface area contributed by atoms with Gasteiger partial charge >= 0.3 is 0 Å². The number of nitrogens with one attached hydrogen (secondary N) is 1. The van der Waals surface area contributed by atoms with Crippen molar-refractivity contribution in [3.63, 3.8) is 0 Å². The van der Waals surface area contributed by atoms with Crippen LogP contribution in [0.4, 0.5) is 0 Å². The molecule has 0 spiro atoms. The molecule has 1 aliphatic carbocycles. The number of nitrogens with zero attached hydrogens (tertiary/aromatic N) is 2. The standard InChI is InChI=1S/C10H18N4O2S/c1-7-12-10(6-14(7)2)17(15,16)13-9(5-11)8-3-4-8/h6,8-9,13H,3-5,11H2,1-2H3. The number of rotatable bonds is 5. The highest BCUT2D eigenvalue weighted by atomic mass is 32.2. The van der Waals surface area contributed by atoms with Crippen LogP contribution in [-0.2, 0) is 17.1 Å². The van der Waals surface area contributed by atoms with Crippen molar-refractivity contribution in [3.05, 3.63) is 12.0 Å². The maximum Gasteiger partial charge on any atom is 0.259 e. The summed E-state index contributed by atoms with van der Waals surface area (Å²) in [6.07, 6.45) is 3.61. The van der Waals surface area contributed by atoms with Gasteiger partial charge in [0.15, 0.2) is 5.03 Å². The van der Waals surface area contributed by atoms with E-state index in [1.807, 2.05) is 0 Å². The van der Waals surface area contributed by atoms with Gasteiger partial charge in [-0.25, -0.2) is 18.1 Å². The van der Waals surface area contributed by atoms with Gasteiger partial charge < -0.3 is 10.3 Å². The molecule has 1 atom stereocenters. The molecule has 6 nitrogen and oxygen atoms in total. The van der Waals surface area contributed by atoms with Crippen LogP contribution in [0.5, 0.6) is 0 Å². The third-order valence-corrected chi connectivity index (χ3v) is 4.47. The van der Waals surface area contributed by atoms with Crippen molar-refractivity contribution in [2.75, 3.05) is 6.54 Å². The van der Waals surface area contributed by atoms with E-state index in [9.17, 15) is 8.42 Å². The molecular weight excluding hydrogens is 240 g/mol. The van der Waals surface area contributed by atoms with Gasteiger partial charge in [-0.2, -0.15) is 0 Å². The number of hydrogen-bond acceptors (Lipinski definition) is 4. The lowest BCUT2D eigenvalue weighted by Gasteiger charge is -2.14. The molecule has 1 fully saturated rings. The van der Waals surface area contributed by atoms with Gasteiger partial charge in [0.25, 0.3) is 10.0 Å². The lowest BCUT2D eigenvalue weighted by molar-refractivity contribution is 0.517. The van der Waals surface area contributed by atoms with E-state index in [0.29, 0.717) is 18.3 Å². The van der Waals surface area contributed by atoms with Crippen molar-refractivity contribution in [1.82, 2.24) is 14.3 Å². The van der Waals surface area contributed by atoms with Crippen molar-refractivity contribution in [2.24, 2.45) is 18.7 Å². The van der Waals surface area contributed by atoms with E-state index in [0.717, 1.165) is 12.8 Å². The summed E-state index contributed by atoms with van der Waals surface area (Å²) in [6.45, 7) is 2.09. The fourth-order valence-electron chi connectivity index (χ4n) is 1.75. The molecular formula is C10H18N4O2S. The average molecular weight is 258 g/mol. The zero-order chi connectivity index (χ0) is 12.6. The summed E-state index contributed by atoms with van der Waals surface area (Å²) in [5.41, 5.74) is 5.58. The first-order valence-electron chi connectivity index (χ1n) is 5.66. The van der Waals surface area contributed by atoms with Gasteiger partial charge in [-0.1, -0.05) is 0 Å². The van der Waals surface area contributed by atoms with Gasteiger partial charge in [-0.05, 0) is 25.7 Å². The molecule has 17 heavy (non-hydrogen) atoms. The number of sulfonamides is 1. The van der Waals surface area contributed by atoms with Gasteiger partial charge in [-0.3, -0.25) is 0 Å². The first kappa shape index (κ1) is 12.5. The second-order valence-corrected chi connectivity index (χ2v) is 6.20. The summed E-state index contributed by atoms with van der Waals surface area (Å²) in [5.74, 6) is 1.06. The predicted octanol–water partition coefficient (Wildman–Crippen LogP) is -0.256. The predicted molar refractivity (Wildman–Crippen MR) is 63.8 cm³/mol. The van der Waals surface area contributed by atoms with Crippen LogP contribution in [0.1, 0.15) is 18.7 Å². The number of imidazole rings is 1. The number of aromatic nitrogens is 2. The maximum absolute atomic E-state index is 12.1. The van der Waals surface area contributed by atoms with E-state index < -0.39 is 10.0 Å². The Balaban J connectivity index is 2.17. The second kappa shape index (κ2) is 4.40. The summed E-state index contributed by atoms with van der Waals surface area (Å²) < 4.78 is 28.4. The molecule has 0 amide bonds. The molecule has 0 aromatic carbocycles. The Kier molecular flexibility index (Phi) is 3.24. The van der Waals surface area contributed by atoms with Crippen LogP contribution >= 0.6 is 0 Å². The summed E-state index contributed by atoms with van der Waals surface area (Å²) in [4.78, 5) is 4.02. The smallest absolute Gasteiger partial charge is 0.259 e. The minimum Gasteiger partial charge on any atom is -0.337 e. The molecule has 1 aromatic rings. The zero-order valence-corrected chi connectivity index (χ0v) is 10.9. The molecule has 0 bridgehead atoms. The monoisotopic (exact) mass is 258 g/mol. The highest BCUT2D eigenvalue weighted by Gasteiger charge is 2.34. The molecule has 2 rings (SSSR count). The third kappa shape index (κ3) is 2.67. The largest absolute Gasteiger partial charge is 0.337 e. The minimum absolute atomic E-state index is 0.0663. The molecule has 1 unspecified atom stereocenters. The van der Waals surface area contributed by atoms with Crippen LogP contribution in [-0.4, -0.2) is 30.6 Å². The Morgan fingerprint density at radius 2 is 2.29 bits per heavy atom. The Hall–Kier alpha value is -0.920. The molecule has 1 aromatic heterocycles. The lowest BCUT2D eigenvalue weighted by Crippen LogP contribution is -2.41. The van der Waals surface area contributed by atoms with Crippen LogP contribution in [0.2, 0.25) is 0 Å². The molecule has 1 aliphatic rings. The fourth-order valence-corrected chi connectivity index (χ4v) is 3.11. The number of nitrogens with two attached hydrogens (primary N) is 1. The first-order chi connectivity index (χ1) is 7.94. The van der Waals surface area contributed by atoms with Crippen LogP contribution in [0.15, 0.2) is 11.2 Å². The third-order valence-electron chi connectivity index (χ3n) is 3.11. The first-order valence-corrected chi connectivity index (χ1v) is 7.14.